The Morgan fingerprint density at radius 1 is 1.11 bits per heavy atom. The molecule has 1 atom stereocenters. The van der Waals surface area contributed by atoms with Gasteiger partial charge in [0.15, 0.2) is 0 Å². The van der Waals surface area contributed by atoms with Crippen LogP contribution in [0, 0.1) is 6.92 Å². The van der Waals surface area contributed by atoms with Crippen LogP contribution in [0.3, 0.4) is 0 Å². The lowest BCUT2D eigenvalue weighted by Gasteiger charge is -2.25. The highest BCUT2D eigenvalue weighted by Crippen LogP contribution is 2.31. The lowest BCUT2D eigenvalue weighted by molar-refractivity contribution is -0.114. The highest BCUT2D eigenvalue weighted by Gasteiger charge is 2.30. The Kier molecular flexibility index (Phi) is 5.97. The Labute approximate surface area is 161 Å². The number of nitrogens with zero attached hydrogens (tertiary/aromatic N) is 1. The summed E-state index contributed by atoms with van der Waals surface area (Å²) in [5.74, 6) is 0.0330. The summed E-state index contributed by atoms with van der Waals surface area (Å²) in [6.45, 7) is 4.24. The molecule has 1 heterocycles. The number of benzene rings is 2. The number of carbonyl (C=O) groups is 1. The third-order valence-electron chi connectivity index (χ3n) is 5.02. The Bertz CT molecular complexity index is 910. The van der Waals surface area contributed by atoms with Gasteiger partial charge in [-0.05, 0) is 55.0 Å². The predicted molar refractivity (Wildman–Crippen MR) is 107 cm³/mol. The molecule has 5 nitrogen and oxygen atoms in total. The summed E-state index contributed by atoms with van der Waals surface area (Å²) < 4.78 is 28.2. The van der Waals surface area contributed by atoms with Crippen molar-refractivity contribution in [1.82, 2.24) is 4.31 Å². The summed E-state index contributed by atoms with van der Waals surface area (Å²) in [6.07, 6.45) is 2.88. The first-order valence-corrected chi connectivity index (χ1v) is 10.8. The number of nitrogens with one attached hydrogen (secondary N) is 1. The quantitative estimate of drug-likeness (QED) is 0.866. The van der Waals surface area contributed by atoms with E-state index in [4.69, 9.17) is 0 Å². The van der Waals surface area contributed by atoms with Crippen LogP contribution in [0.4, 0.5) is 5.69 Å². The maximum atomic E-state index is 13.3. The fourth-order valence-corrected chi connectivity index (χ4v) is 5.41. The average molecular weight is 387 g/mol. The Morgan fingerprint density at radius 2 is 1.85 bits per heavy atom. The molecular weight excluding hydrogens is 360 g/mol. The van der Waals surface area contributed by atoms with Crippen molar-refractivity contribution in [1.29, 1.82) is 0 Å². The van der Waals surface area contributed by atoms with Crippen LogP contribution in [-0.4, -0.2) is 31.7 Å². The van der Waals surface area contributed by atoms with Gasteiger partial charge in [-0.15, -0.1) is 0 Å². The van der Waals surface area contributed by atoms with Gasteiger partial charge in [0.2, 0.25) is 15.9 Å². The van der Waals surface area contributed by atoms with Crippen molar-refractivity contribution < 1.29 is 13.2 Å². The standard InChI is InChI=1S/C21H26N2O3S/c1-16-14-20(22-17(2)24)11-12-21(16)27(25,26)23-13-7-6-10-19(15-23)18-8-4-3-5-9-18/h3-5,8-9,11-12,14,19H,6-7,10,13,15H2,1-2H3,(H,22,24). The fraction of sp³-hybridized carbons (Fsp3) is 0.381. The molecule has 6 heteroatoms. The zero-order valence-corrected chi connectivity index (χ0v) is 16.6. The van der Waals surface area contributed by atoms with Crippen molar-refractivity contribution in [3.05, 3.63) is 59.7 Å². The summed E-state index contributed by atoms with van der Waals surface area (Å²) in [5, 5.41) is 2.70. The van der Waals surface area contributed by atoms with Crippen LogP contribution in [0.15, 0.2) is 53.4 Å². The fourth-order valence-electron chi connectivity index (χ4n) is 3.68. The summed E-state index contributed by atoms with van der Waals surface area (Å²) in [7, 11) is -3.58. The molecule has 0 spiro atoms. The summed E-state index contributed by atoms with van der Waals surface area (Å²) in [4.78, 5) is 11.5. The van der Waals surface area contributed by atoms with E-state index in [0.29, 0.717) is 29.2 Å². The van der Waals surface area contributed by atoms with Crippen molar-refractivity contribution in [2.45, 2.75) is 43.9 Å². The molecule has 0 radical (unpaired) electrons. The molecule has 1 saturated heterocycles. The second-order valence-electron chi connectivity index (χ2n) is 7.13. The largest absolute Gasteiger partial charge is 0.326 e. The lowest BCUT2D eigenvalue weighted by atomic mass is 9.95. The topological polar surface area (TPSA) is 66.5 Å². The Hall–Kier alpha value is -2.18. The third-order valence-corrected chi connectivity index (χ3v) is 7.04. The minimum Gasteiger partial charge on any atom is -0.326 e. The Morgan fingerprint density at radius 3 is 2.52 bits per heavy atom. The molecule has 0 aromatic heterocycles. The zero-order chi connectivity index (χ0) is 19.4. The number of rotatable bonds is 4. The van der Waals surface area contributed by atoms with E-state index in [0.717, 1.165) is 19.3 Å². The number of aryl methyl sites for hydroxylation is 1. The highest BCUT2D eigenvalue weighted by atomic mass is 32.2. The minimum atomic E-state index is -3.58. The third kappa shape index (κ3) is 4.57. The van der Waals surface area contributed by atoms with Crippen molar-refractivity contribution in [2.75, 3.05) is 18.4 Å². The predicted octanol–water partition coefficient (Wildman–Crippen LogP) is 3.91. The van der Waals surface area contributed by atoms with E-state index in [1.807, 2.05) is 18.2 Å². The number of hydrogen-bond acceptors (Lipinski definition) is 3. The molecule has 1 fully saturated rings. The molecule has 3 rings (SSSR count). The molecule has 1 unspecified atom stereocenters. The number of hydrogen-bond donors (Lipinski definition) is 1. The molecule has 27 heavy (non-hydrogen) atoms. The van der Waals surface area contributed by atoms with Gasteiger partial charge >= 0.3 is 0 Å². The van der Waals surface area contributed by atoms with E-state index in [-0.39, 0.29) is 11.8 Å². The normalized spacial score (nSPS) is 18.7. The van der Waals surface area contributed by atoms with Gasteiger partial charge in [0.1, 0.15) is 0 Å². The first-order chi connectivity index (χ1) is 12.9. The maximum Gasteiger partial charge on any atom is 0.243 e. The van der Waals surface area contributed by atoms with E-state index in [1.54, 1.807) is 29.4 Å². The number of amides is 1. The maximum absolute atomic E-state index is 13.3. The number of sulfonamides is 1. The molecule has 1 N–H and O–H groups in total. The van der Waals surface area contributed by atoms with Crippen molar-refractivity contribution >= 4 is 21.6 Å². The van der Waals surface area contributed by atoms with Crippen molar-refractivity contribution in [3.63, 3.8) is 0 Å². The molecule has 0 bridgehead atoms. The monoisotopic (exact) mass is 386 g/mol. The molecule has 1 aliphatic rings. The Balaban J connectivity index is 1.88. The van der Waals surface area contributed by atoms with E-state index in [9.17, 15) is 13.2 Å². The van der Waals surface area contributed by atoms with Crippen LogP contribution in [0.25, 0.3) is 0 Å². The van der Waals surface area contributed by atoms with Crippen LogP contribution in [0.5, 0.6) is 0 Å². The minimum absolute atomic E-state index is 0.178. The highest BCUT2D eigenvalue weighted by molar-refractivity contribution is 7.89. The SMILES string of the molecule is CC(=O)Nc1ccc(S(=O)(=O)N2CCCCC(c3ccccc3)C2)c(C)c1. The van der Waals surface area contributed by atoms with Gasteiger partial charge in [0.05, 0.1) is 4.90 Å². The molecule has 2 aromatic rings. The van der Waals surface area contributed by atoms with Gasteiger partial charge in [0.25, 0.3) is 0 Å². The molecule has 1 amide bonds. The second kappa shape index (κ2) is 8.23. The number of carbonyl (C=O) groups excluding carboxylic acids is 1. The van der Waals surface area contributed by atoms with Gasteiger partial charge in [-0.1, -0.05) is 36.8 Å². The first kappa shape index (κ1) is 19.6. The van der Waals surface area contributed by atoms with Crippen LogP contribution < -0.4 is 5.32 Å². The van der Waals surface area contributed by atoms with Gasteiger partial charge in [0, 0.05) is 25.7 Å². The van der Waals surface area contributed by atoms with E-state index in [2.05, 4.69) is 17.4 Å². The summed E-state index contributed by atoms with van der Waals surface area (Å²) >= 11 is 0. The second-order valence-corrected chi connectivity index (χ2v) is 9.03. The van der Waals surface area contributed by atoms with Crippen LogP contribution in [0.2, 0.25) is 0 Å². The molecule has 1 aliphatic heterocycles. The smallest absolute Gasteiger partial charge is 0.243 e. The molecular formula is C21H26N2O3S. The van der Waals surface area contributed by atoms with Gasteiger partial charge in [-0.3, -0.25) is 4.79 Å². The molecule has 144 valence electrons. The van der Waals surface area contributed by atoms with E-state index >= 15 is 0 Å². The molecule has 0 aliphatic carbocycles. The average Bonchev–Trinajstić information content (AvgIpc) is 2.88. The van der Waals surface area contributed by atoms with E-state index in [1.165, 1.54) is 12.5 Å². The van der Waals surface area contributed by atoms with Gasteiger partial charge in [-0.2, -0.15) is 4.31 Å². The van der Waals surface area contributed by atoms with Crippen LogP contribution >= 0.6 is 0 Å². The van der Waals surface area contributed by atoms with E-state index < -0.39 is 10.0 Å². The summed E-state index contributed by atoms with van der Waals surface area (Å²) in [5.41, 5.74) is 2.44. The molecule has 2 aromatic carbocycles. The van der Waals surface area contributed by atoms with Gasteiger partial charge < -0.3 is 5.32 Å². The molecule has 0 saturated carbocycles. The number of anilines is 1. The van der Waals surface area contributed by atoms with Crippen molar-refractivity contribution in [3.8, 4) is 0 Å². The van der Waals surface area contributed by atoms with Gasteiger partial charge in [-0.25, -0.2) is 8.42 Å². The van der Waals surface area contributed by atoms with Crippen molar-refractivity contribution in [2.24, 2.45) is 0 Å². The zero-order valence-electron chi connectivity index (χ0n) is 15.8. The van der Waals surface area contributed by atoms with Crippen LogP contribution in [0.1, 0.15) is 43.2 Å². The summed E-state index contributed by atoms with van der Waals surface area (Å²) in [6, 6.07) is 15.1. The van der Waals surface area contributed by atoms with Crippen LogP contribution in [-0.2, 0) is 14.8 Å². The first-order valence-electron chi connectivity index (χ1n) is 9.31. The lowest BCUT2D eigenvalue weighted by Crippen LogP contribution is -2.34.